The van der Waals surface area contributed by atoms with Gasteiger partial charge in [0.1, 0.15) is 5.82 Å². The van der Waals surface area contributed by atoms with Gasteiger partial charge in [-0.1, -0.05) is 19.1 Å². The minimum absolute atomic E-state index is 0.192. The summed E-state index contributed by atoms with van der Waals surface area (Å²) in [4.78, 5) is 16.9. The molecule has 0 aliphatic rings. The van der Waals surface area contributed by atoms with Crippen molar-refractivity contribution in [1.29, 1.82) is 0 Å². The van der Waals surface area contributed by atoms with Gasteiger partial charge in [-0.3, -0.25) is 4.68 Å². The maximum atomic E-state index is 12.2. The third kappa shape index (κ3) is 4.13. The summed E-state index contributed by atoms with van der Waals surface area (Å²) in [6.45, 7) is 7.46. The number of aromatic nitrogens is 4. The number of benzene rings is 1. The van der Waals surface area contributed by atoms with Gasteiger partial charge in [0.15, 0.2) is 0 Å². The van der Waals surface area contributed by atoms with Crippen LogP contribution >= 0.6 is 0 Å². The molecule has 3 aromatic rings. The molecular formula is C20H28N6O. The molecule has 3 rings (SSSR count). The first-order chi connectivity index (χ1) is 13.0. The molecule has 0 saturated carbocycles. The molecule has 144 valence electrons. The van der Waals surface area contributed by atoms with Crippen molar-refractivity contribution < 1.29 is 4.79 Å². The van der Waals surface area contributed by atoms with E-state index in [0.29, 0.717) is 6.54 Å². The van der Waals surface area contributed by atoms with Crippen molar-refractivity contribution in [2.75, 3.05) is 11.9 Å². The van der Waals surface area contributed by atoms with Crippen LogP contribution in [-0.2, 0) is 20.0 Å². The van der Waals surface area contributed by atoms with E-state index in [0.717, 1.165) is 59.7 Å². The van der Waals surface area contributed by atoms with Crippen LogP contribution in [0.4, 0.5) is 10.5 Å². The van der Waals surface area contributed by atoms with E-state index >= 15 is 0 Å². The zero-order chi connectivity index (χ0) is 19.4. The van der Waals surface area contributed by atoms with Crippen LogP contribution in [0.3, 0.4) is 0 Å². The van der Waals surface area contributed by atoms with Crippen molar-refractivity contribution in [2.45, 2.75) is 46.6 Å². The number of aryl methyl sites for hydroxylation is 4. The molecule has 0 radical (unpaired) electrons. The van der Waals surface area contributed by atoms with Gasteiger partial charge in [0.2, 0.25) is 0 Å². The molecule has 2 N–H and O–H groups in total. The summed E-state index contributed by atoms with van der Waals surface area (Å²) in [5.74, 6) is 1.03. The molecule has 0 atom stereocenters. The fourth-order valence-corrected chi connectivity index (χ4v) is 3.33. The monoisotopic (exact) mass is 368 g/mol. The molecule has 0 aliphatic heterocycles. The standard InChI is InChI=1S/C20H28N6O/c1-5-13-26-15(3)19(14(2)24-26)23-20(27)21-12-8-11-18-22-16-9-6-7-10-17(16)25(18)4/h6-7,9-10H,5,8,11-13H2,1-4H3,(H2,21,23,27). The van der Waals surface area contributed by atoms with E-state index in [1.807, 2.05) is 43.8 Å². The maximum absolute atomic E-state index is 12.2. The Bertz CT molecular complexity index is 939. The molecule has 0 fully saturated rings. The van der Waals surface area contributed by atoms with E-state index in [1.165, 1.54) is 0 Å². The molecule has 7 nitrogen and oxygen atoms in total. The summed E-state index contributed by atoms with van der Waals surface area (Å²) in [6.07, 6.45) is 2.66. The molecule has 0 bridgehead atoms. The van der Waals surface area contributed by atoms with Crippen molar-refractivity contribution in [2.24, 2.45) is 7.05 Å². The predicted octanol–water partition coefficient (Wildman–Crippen LogP) is 3.55. The normalized spacial score (nSPS) is 11.1. The lowest BCUT2D eigenvalue weighted by Gasteiger charge is -2.08. The van der Waals surface area contributed by atoms with Gasteiger partial charge in [0.05, 0.1) is 28.1 Å². The topological polar surface area (TPSA) is 76.8 Å². The van der Waals surface area contributed by atoms with Gasteiger partial charge in [-0.2, -0.15) is 5.10 Å². The van der Waals surface area contributed by atoms with Gasteiger partial charge < -0.3 is 15.2 Å². The molecule has 2 amide bonds. The number of rotatable bonds is 7. The van der Waals surface area contributed by atoms with Gasteiger partial charge in [-0.25, -0.2) is 9.78 Å². The predicted molar refractivity (Wildman–Crippen MR) is 108 cm³/mol. The highest BCUT2D eigenvalue weighted by Crippen LogP contribution is 2.19. The Morgan fingerprint density at radius 2 is 2.00 bits per heavy atom. The van der Waals surface area contributed by atoms with Crippen LogP contribution in [0.5, 0.6) is 0 Å². The zero-order valence-corrected chi connectivity index (χ0v) is 16.5. The maximum Gasteiger partial charge on any atom is 0.319 e. The third-order valence-electron chi connectivity index (χ3n) is 4.80. The van der Waals surface area contributed by atoms with Crippen LogP contribution in [0.15, 0.2) is 24.3 Å². The number of para-hydroxylation sites is 2. The fraction of sp³-hybridized carbons (Fsp3) is 0.450. The molecule has 2 aromatic heterocycles. The van der Waals surface area contributed by atoms with Crippen molar-refractivity contribution in [3.05, 3.63) is 41.5 Å². The molecule has 7 heteroatoms. The van der Waals surface area contributed by atoms with E-state index in [4.69, 9.17) is 0 Å². The van der Waals surface area contributed by atoms with Gasteiger partial charge in [-0.05, 0) is 38.8 Å². The number of imidazole rings is 1. The Balaban J connectivity index is 1.50. The number of hydrogen-bond donors (Lipinski definition) is 2. The van der Waals surface area contributed by atoms with Crippen molar-refractivity contribution in [3.8, 4) is 0 Å². The first-order valence-corrected chi connectivity index (χ1v) is 9.50. The van der Waals surface area contributed by atoms with Crippen LogP contribution < -0.4 is 10.6 Å². The Kier molecular flexibility index (Phi) is 5.78. The number of hydrogen-bond acceptors (Lipinski definition) is 3. The number of carbonyl (C=O) groups is 1. The SMILES string of the molecule is CCCn1nc(C)c(NC(=O)NCCCc2nc3ccccc3n2C)c1C. The van der Waals surface area contributed by atoms with E-state index in [9.17, 15) is 4.79 Å². The number of amides is 2. The summed E-state index contributed by atoms with van der Waals surface area (Å²) < 4.78 is 4.06. The molecular weight excluding hydrogens is 340 g/mol. The number of anilines is 1. The number of urea groups is 1. The fourth-order valence-electron chi connectivity index (χ4n) is 3.33. The van der Waals surface area contributed by atoms with Gasteiger partial charge in [0.25, 0.3) is 0 Å². The van der Waals surface area contributed by atoms with Crippen molar-refractivity contribution >= 4 is 22.8 Å². The van der Waals surface area contributed by atoms with Crippen molar-refractivity contribution in [3.63, 3.8) is 0 Å². The lowest BCUT2D eigenvalue weighted by atomic mass is 10.3. The van der Waals surface area contributed by atoms with E-state index < -0.39 is 0 Å². The number of nitrogens with zero attached hydrogens (tertiary/aromatic N) is 4. The highest BCUT2D eigenvalue weighted by Gasteiger charge is 2.13. The average molecular weight is 368 g/mol. The van der Waals surface area contributed by atoms with Crippen LogP contribution in [0, 0.1) is 13.8 Å². The average Bonchev–Trinajstić information content (AvgIpc) is 3.11. The molecule has 0 saturated heterocycles. The van der Waals surface area contributed by atoms with Gasteiger partial charge in [-0.15, -0.1) is 0 Å². The highest BCUT2D eigenvalue weighted by molar-refractivity contribution is 5.90. The van der Waals surface area contributed by atoms with E-state index in [2.05, 4.69) is 38.3 Å². The van der Waals surface area contributed by atoms with Crippen LogP contribution in [-0.4, -0.2) is 31.9 Å². The number of nitrogens with one attached hydrogen (secondary N) is 2. The quantitative estimate of drug-likeness (QED) is 0.626. The lowest BCUT2D eigenvalue weighted by molar-refractivity contribution is 0.252. The van der Waals surface area contributed by atoms with E-state index in [1.54, 1.807) is 0 Å². The summed E-state index contributed by atoms with van der Waals surface area (Å²) in [5, 5.41) is 10.3. The minimum Gasteiger partial charge on any atom is -0.338 e. The lowest BCUT2D eigenvalue weighted by Crippen LogP contribution is -2.30. The summed E-state index contributed by atoms with van der Waals surface area (Å²) in [7, 11) is 2.03. The third-order valence-corrected chi connectivity index (χ3v) is 4.80. The Morgan fingerprint density at radius 3 is 2.74 bits per heavy atom. The van der Waals surface area contributed by atoms with Crippen LogP contribution in [0.1, 0.15) is 37.0 Å². The van der Waals surface area contributed by atoms with Gasteiger partial charge >= 0.3 is 6.03 Å². The number of fused-ring (bicyclic) bond motifs is 1. The Hall–Kier alpha value is -2.83. The summed E-state index contributed by atoms with van der Waals surface area (Å²) in [5.41, 5.74) is 4.78. The second-order valence-electron chi connectivity index (χ2n) is 6.83. The Morgan fingerprint density at radius 1 is 1.22 bits per heavy atom. The van der Waals surface area contributed by atoms with Crippen molar-refractivity contribution in [1.82, 2.24) is 24.6 Å². The Labute approximate surface area is 159 Å². The first kappa shape index (κ1) is 18.9. The number of carbonyl (C=O) groups excluding carboxylic acids is 1. The highest BCUT2D eigenvalue weighted by atomic mass is 16.2. The molecule has 1 aromatic carbocycles. The van der Waals surface area contributed by atoms with Gasteiger partial charge in [0, 0.05) is 26.6 Å². The largest absolute Gasteiger partial charge is 0.338 e. The summed E-state index contributed by atoms with van der Waals surface area (Å²) >= 11 is 0. The second kappa shape index (κ2) is 8.24. The van der Waals surface area contributed by atoms with Crippen LogP contribution in [0.2, 0.25) is 0 Å². The smallest absolute Gasteiger partial charge is 0.319 e. The summed E-state index contributed by atoms with van der Waals surface area (Å²) in [6, 6.07) is 7.92. The van der Waals surface area contributed by atoms with E-state index in [-0.39, 0.29) is 6.03 Å². The molecule has 27 heavy (non-hydrogen) atoms. The molecule has 0 aliphatic carbocycles. The minimum atomic E-state index is -0.192. The molecule has 0 unspecified atom stereocenters. The van der Waals surface area contributed by atoms with Crippen LogP contribution in [0.25, 0.3) is 11.0 Å². The molecule has 2 heterocycles. The second-order valence-corrected chi connectivity index (χ2v) is 6.83. The molecule has 0 spiro atoms. The first-order valence-electron chi connectivity index (χ1n) is 9.50. The zero-order valence-electron chi connectivity index (χ0n) is 16.5.